The normalized spacial score (nSPS) is 20.7. The van der Waals surface area contributed by atoms with Crippen LogP contribution in [0.1, 0.15) is 47.5 Å². The number of carbonyl (C=O) groups is 1. The summed E-state index contributed by atoms with van der Waals surface area (Å²) in [7, 11) is 6.45. The topological polar surface area (TPSA) is 36.4 Å². The van der Waals surface area contributed by atoms with Crippen LogP contribution < -0.4 is 4.90 Å². The summed E-state index contributed by atoms with van der Waals surface area (Å²) in [5.41, 5.74) is 1.04. The Labute approximate surface area is 124 Å². The molecule has 1 heterocycles. The van der Waals surface area contributed by atoms with E-state index in [0.29, 0.717) is 12.0 Å². The first kappa shape index (κ1) is 14.0. The van der Waals surface area contributed by atoms with Crippen molar-refractivity contribution in [2.75, 3.05) is 32.6 Å². The van der Waals surface area contributed by atoms with Crippen molar-refractivity contribution in [1.82, 2.24) is 9.88 Å². The molecule has 0 unspecified atom stereocenters. The van der Waals surface area contributed by atoms with Gasteiger partial charge in [-0.1, -0.05) is 0 Å². The number of aromatic nitrogens is 1. The number of hydrogen-bond acceptors (Lipinski definition) is 5. The quantitative estimate of drug-likeness (QED) is 0.855. The van der Waals surface area contributed by atoms with Gasteiger partial charge in [-0.2, -0.15) is 0 Å². The Kier molecular flexibility index (Phi) is 3.58. The van der Waals surface area contributed by atoms with Gasteiger partial charge in [-0.05, 0) is 46.2 Å². The molecule has 2 aliphatic carbocycles. The third-order valence-electron chi connectivity index (χ3n) is 4.85. The average molecular weight is 293 g/mol. The molecule has 0 bridgehead atoms. The number of fused-ring (bicyclic) bond motifs is 1. The van der Waals surface area contributed by atoms with Crippen LogP contribution in [0.2, 0.25) is 0 Å². The molecule has 1 saturated carbocycles. The summed E-state index contributed by atoms with van der Waals surface area (Å²) in [4.78, 5) is 22.3. The minimum absolute atomic E-state index is 0.230. The standard InChI is InChI=1S/C15H23N3OS/c1-17(2)15(8-5-9-15)10-18(3)14-16-13-11(19)6-4-7-12(13)20-14/h4-10H2,1-3H3. The van der Waals surface area contributed by atoms with E-state index in [9.17, 15) is 4.79 Å². The lowest BCUT2D eigenvalue weighted by molar-refractivity contribution is 0.0683. The molecular formula is C15H23N3OS. The van der Waals surface area contributed by atoms with Gasteiger partial charge in [0.2, 0.25) is 0 Å². The van der Waals surface area contributed by atoms with E-state index >= 15 is 0 Å². The molecule has 0 spiro atoms. The zero-order chi connectivity index (χ0) is 14.3. The second kappa shape index (κ2) is 5.11. The molecule has 0 amide bonds. The Hall–Kier alpha value is -0.940. The summed E-state index contributed by atoms with van der Waals surface area (Å²) in [5, 5.41) is 1.01. The molecule has 1 aromatic rings. The highest BCUT2D eigenvalue weighted by Gasteiger charge is 2.40. The van der Waals surface area contributed by atoms with Gasteiger partial charge in [0.1, 0.15) is 5.69 Å². The molecule has 0 saturated heterocycles. The van der Waals surface area contributed by atoms with Gasteiger partial charge in [-0.15, -0.1) is 11.3 Å². The zero-order valence-corrected chi connectivity index (χ0v) is 13.4. The third-order valence-corrected chi connectivity index (χ3v) is 6.08. The van der Waals surface area contributed by atoms with Crippen LogP contribution in [0.3, 0.4) is 0 Å². The predicted molar refractivity (Wildman–Crippen MR) is 82.9 cm³/mol. The van der Waals surface area contributed by atoms with Gasteiger partial charge in [0.25, 0.3) is 0 Å². The molecule has 1 fully saturated rings. The van der Waals surface area contributed by atoms with Crippen molar-refractivity contribution in [3.8, 4) is 0 Å². The number of nitrogens with zero attached hydrogens (tertiary/aromatic N) is 3. The number of hydrogen-bond donors (Lipinski definition) is 0. The first-order chi connectivity index (χ1) is 9.52. The summed E-state index contributed by atoms with van der Waals surface area (Å²) >= 11 is 1.71. The van der Waals surface area contributed by atoms with Crippen molar-refractivity contribution in [3.63, 3.8) is 0 Å². The smallest absolute Gasteiger partial charge is 0.186 e. The molecule has 110 valence electrons. The van der Waals surface area contributed by atoms with Crippen molar-refractivity contribution < 1.29 is 4.79 Å². The summed E-state index contributed by atoms with van der Waals surface area (Å²) < 4.78 is 0. The first-order valence-corrected chi connectivity index (χ1v) is 8.25. The van der Waals surface area contributed by atoms with Gasteiger partial charge < -0.3 is 9.80 Å². The van der Waals surface area contributed by atoms with E-state index in [1.807, 2.05) is 0 Å². The summed E-state index contributed by atoms with van der Waals surface area (Å²) in [6, 6.07) is 0. The van der Waals surface area contributed by atoms with Crippen molar-refractivity contribution in [1.29, 1.82) is 0 Å². The Morgan fingerprint density at radius 3 is 2.50 bits per heavy atom. The van der Waals surface area contributed by atoms with Gasteiger partial charge in [0.05, 0.1) is 0 Å². The number of rotatable bonds is 4. The van der Waals surface area contributed by atoms with Gasteiger partial charge in [0, 0.05) is 30.4 Å². The average Bonchev–Trinajstić information content (AvgIpc) is 2.78. The number of ketones is 1. The maximum absolute atomic E-state index is 11.9. The fourth-order valence-electron chi connectivity index (χ4n) is 3.26. The molecule has 4 nitrogen and oxygen atoms in total. The number of aryl methyl sites for hydroxylation is 1. The van der Waals surface area contributed by atoms with Crippen LogP contribution in [0.5, 0.6) is 0 Å². The van der Waals surface area contributed by atoms with E-state index in [1.165, 1.54) is 24.1 Å². The van der Waals surface area contributed by atoms with Crippen molar-refractivity contribution in [3.05, 3.63) is 10.6 Å². The maximum atomic E-state index is 11.9. The molecule has 1 aromatic heterocycles. The molecule has 0 radical (unpaired) electrons. The summed E-state index contributed by atoms with van der Waals surface area (Å²) in [5.74, 6) is 0.230. The highest BCUT2D eigenvalue weighted by atomic mass is 32.1. The van der Waals surface area contributed by atoms with Crippen LogP contribution >= 0.6 is 11.3 Å². The van der Waals surface area contributed by atoms with Crippen molar-refractivity contribution in [2.24, 2.45) is 0 Å². The van der Waals surface area contributed by atoms with E-state index in [1.54, 1.807) is 11.3 Å². The van der Waals surface area contributed by atoms with E-state index in [4.69, 9.17) is 0 Å². The molecule has 3 rings (SSSR count). The predicted octanol–water partition coefficient (Wildman–Crippen LogP) is 2.58. The first-order valence-electron chi connectivity index (χ1n) is 7.43. The molecule has 0 N–H and O–H groups in total. The Balaban J connectivity index is 1.78. The number of anilines is 1. The Morgan fingerprint density at radius 2 is 1.95 bits per heavy atom. The van der Waals surface area contributed by atoms with E-state index < -0.39 is 0 Å². The Morgan fingerprint density at radius 1 is 1.20 bits per heavy atom. The molecule has 0 atom stereocenters. The second-order valence-electron chi connectivity index (χ2n) is 6.37. The minimum Gasteiger partial charge on any atom is -0.349 e. The fraction of sp³-hybridized carbons (Fsp3) is 0.733. The van der Waals surface area contributed by atoms with Crippen molar-refractivity contribution >= 4 is 22.3 Å². The fourth-order valence-corrected chi connectivity index (χ4v) is 4.34. The van der Waals surface area contributed by atoms with Crippen LogP contribution in [0.15, 0.2) is 0 Å². The highest BCUT2D eigenvalue weighted by Crippen LogP contribution is 2.39. The summed E-state index contributed by atoms with van der Waals surface area (Å²) in [6.07, 6.45) is 6.51. The number of Topliss-reactive ketones (excluding diaryl/α,β-unsaturated/α-hetero) is 1. The maximum Gasteiger partial charge on any atom is 0.186 e. The summed E-state index contributed by atoms with van der Waals surface area (Å²) in [6.45, 7) is 1.00. The zero-order valence-electron chi connectivity index (χ0n) is 12.6. The molecule has 5 heteroatoms. The molecule has 0 aliphatic heterocycles. The lowest BCUT2D eigenvalue weighted by atomic mass is 9.75. The number of carbonyl (C=O) groups excluding carboxylic acids is 1. The van der Waals surface area contributed by atoms with Gasteiger partial charge in [0.15, 0.2) is 10.9 Å². The molecule has 2 aliphatic rings. The minimum atomic E-state index is 0.230. The van der Waals surface area contributed by atoms with Crippen molar-refractivity contribution in [2.45, 2.75) is 44.1 Å². The highest BCUT2D eigenvalue weighted by molar-refractivity contribution is 7.16. The van der Waals surface area contributed by atoms with Crippen LogP contribution in [0.4, 0.5) is 5.13 Å². The molecule has 20 heavy (non-hydrogen) atoms. The number of thiazole rings is 1. The van der Waals surface area contributed by atoms with Crippen LogP contribution in [-0.2, 0) is 6.42 Å². The monoisotopic (exact) mass is 293 g/mol. The van der Waals surface area contributed by atoms with Crippen LogP contribution in [-0.4, -0.2) is 48.9 Å². The third kappa shape index (κ3) is 2.27. The molecule has 0 aromatic carbocycles. The molecular weight excluding hydrogens is 270 g/mol. The van der Waals surface area contributed by atoms with E-state index in [-0.39, 0.29) is 5.78 Å². The largest absolute Gasteiger partial charge is 0.349 e. The van der Waals surface area contributed by atoms with Gasteiger partial charge in [-0.3, -0.25) is 4.79 Å². The van der Waals surface area contributed by atoms with E-state index in [0.717, 1.165) is 30.2 Å². The van der Waals surface area contributed by atoms with E-state index in [2.05, 4.69) is 35.9 Å². The second-order valence-corrected chi connectivity index (χ2v) is 7.44. The number of likely N-dealkylation sites (N-methyl/N-ethyl adjacent to an activating group) is 2. The van der Waals surface area contributed by atoms with Crippen LogP contribution in [0, 0.1) is 0 Å². The van der Waals surface area contributed by atoms with Gasteiger partial charge >= 0.3 is 0 Å². The lowest BCUT2D eigenvalue weighted by Gasteiger charge is -2.49. The SMILES string of the molecule is CN(CC1(N(C)C)CCC1)c1nc2c(s1)CCCC2=O. The van der Waals surface area contributed by atoms with Crippen LogP contribution in [0.25, 0.3) is 0 Å². The lowest BCUT2D eigenvalue weighted by Crippen LogP contribution is -2.56. The Bertz CT molecular complexity index is 519. The van der Waals surface area contributed by atoms with Gasteiger partial charge in [-0.25, -0.2) is 4.98 Å².